The number of carbonyl (C=O) groups is 1. The van der Waals surface area contributed by atoms with Crippen LogP contribution in [0.1, 0.15) is 19.8 Å². The van der Waals surface area contributed by atoms with Crippen LogP contribution in [0, 0.1) is 12.3 Å². The first-order chi connectivity index (χ1) is 7.05. The number of β-amino-alcohol motifs (C(OH)–C–C–N with tert-alkyl or cyclic N) is 1. The van der Waals surface area contributed by atoms with Gasteiger partial charge in [0.1, 0.15) is 0 Å². The third kappa shape index (κ3) is 3.90. The van der Waals surface area contributed by atoms with Crippen LogP contribution in [0.4, 0.5) is 0 Å². The van der Waals surface area contributed by atoms with Crippen molar-refractivity contribution in [1.29, 1.82) is 0 Å². The summed E-state index contributed by atoms with van der Waals surface area (Å²) in [6, 6.07) is 0. The Morgan fingerprint density at radius 3 is 3.07 bits per heavy atom. The molecule has 0 radical (unpaired) electrons. The van der Waals surface area contributed by atoms with Gasteiger partial charge in [-0.2, -0.15) is 0 Å². The smallest absolute Gasteiger partial charge is 0.236 e. The molecular weight excluding hydrogens is 192 g/mol. The van der Waals surface area contributed by atoms with Crippen LogP contribution in [-0.4, -0.2) is 47.7 Å². The van der Waals surface area contributed by atoms with Gasteiger partial charge in [-0.05, 0) is 19.8 Å². The van der Waals surface area contributed by atoms with Crippen LogP contribution in [-0.2, 0) is 4.79 Å². The van der Waals surface area contributed by atoms with Gasteiger partial charge in [-0.3, -0.25) is 10.1 Å². The summed E-state index contributed by atoms with van der Waals surface area (Å²) in [5.74, 6) is 2.42. The van der Waals surface area contributed by atoms with E-state index in [1.54, 1.807) is 11.8 Å². The zero-order valence-corrected chi connectivity index (χ0v) is 9.12. The summed E-state index contributed by atoms with van der Waals surface area (Å²) in [6.45, 7) is 3.56. The first-order valence-electron chi connectivity index (χ1n) is 5.19. The zero-order valence-electron chi connectivity index (χ0n) is 9.12. The molecule has 1 unspecified atom stereocenters. The fraction of sp³-hybridized carbons (Fsp3) is 0.727. The lowest BCUT2D eigenvalue weighted by molar-refractivity contribution is -0.136. The molecule has 1 saturated heterocycles. The summed E-state index contributed by atoms with van der Waals surface area (Å²) in [5, 5.41) is 12.7. The van der Waals surface area contributed by atoms with Crippen LogP contribution in [0.5, 0.6) is 0 Å². The molecule has 4 heteroatoms. The van der Waals surface area contributed by atoms with E-state index in [2.05, 4.69) is 11.2 Å². The number of rotatable bonds is 3. The predicted molar refractivity (Wildman–Crippen MR) is 58.1 cm³/mol. The molecule has 84 valence electrons. The maximum Gasteiger partial charge on any atom is 0.236 e. The largest absolute Gasteiger partial charge is 0.388 e. The van der Waals surface area contributed by atoms with Gasteiger partial charge in [-0.25, -0.2) is 0 Å². The second-order valence-corrected chi connectivity index (χ2v) is 4.22. The van der Waals surface area contributed by atoms with E-state index in [9.17, 15) is 9.90 Å². The minimum absolute atomic E-state index is 0.00484. The van der Waals surface area contributed by atoms with Crippen molar-refractivity contribution < 1.29 is 9.90 Å². The number of nitrogens with one attached hydrogen (secondary N) is 1. The van der Waals surface area contributed by atoms with Gasteiger partial charge in [0.2, 0.25) is 5.91 Å². The molecule has 0 aromatic carbocycles. The lowest BCUT2D eigenvalue weighted by atomic mass is 9.95. The number of piperidine rings is 1. The van der Waals surface area contributed by atoms with Gasteiger partial charge in [0, 0.05) is 13.1 Å². The van der Waals surface area contributed by atoms with Crippen molar-refractivity contribution in [3.8, 4) is 12.3 Å². The van der Waals surface area contributed by atoms with Crippen LogP contribution in [0.2, 0.25) is 0 Å². The van der Waals surface area contributed by atoms with E-state index in [0.29, 0.717) is 13.1 Å². The highest BCUT2D eigenvalue weighted by Crippen LogP contribution is 2.19. The fourth-order valence-electron chi connectivity index (χ4n) is 1.79. The summed E-state index contributed by atoms with van der Waals surface area (Å²) in [7, 11) is 0. The molecule has 0 aromatic heterocycles. The molecule has 1 atom stereocenters. The zero-order chi connectivity index (χ0) is 11.3. The number of likely N-dealkylation sites (tertiary alicyclic amines) is 1. The highest BCUT2D eigenvalue weighted by atomic mass is 16.3. The van der Waals surface area contributed by atoms with E-state index in [1.807, 2.05) is 0 Å². The van der Waals surface area contributed by atoms with E-state index >= 15 is 0 Å². The number of hydrogen-bond acceptors (Lipinski definition) is 3. The monoisotopic (exact) mass is 210 g/mol. The molecular formula is C11H18N2O2. The van der Waals surface area contributed by atoms with Crippen LogP contribution >= 0.6 is 0 Å². The highest BCUT2D eigenvalue weighted by Gasteiger charge is 2.30. The van der Waals surface area contributed by atoms with Gasteiger partial charge in [0.25, 0.3) is 0 Å². The SMILES string of the molecule is C#CCNCC(=O)N1CCCC(C)(O)C1. The number of nitrogens with zero attached hydrogens (tertiary/aromatic N) is 1. The number of amides is 1. The molecule has 1 rings (SSSR count). The molecule has 15 heavy (non-hydrogen) atoms. The van der Waals surface area contributed by atoms with Crippen molar-refractivity contribution in [2.45, 2.75) is 25.4 Å². The van der Waals surface area contributed by atoms with Crippen molar-refractivity contribution >= 4 is 5.91 Å². The van der Waals surface area contributed by atoms with E-state index in [0.717, 1.165) is 19.4 Å². The van der Waals surface area contributed by atoms with Gasteiger partial charge < -0.3 is 10.0 Å². The normalized spacial score (nSPS) is 26.1. The van der Waals surface area contributed by atoms with Gasteiger partial charge in [0.05, 0.1) is 18.7 Å². The second-order valence-electron chi connectivity index (χ2n) is 4.22. The van der Waals surface area contributed by atoms with Crippen molar-refractivity contribution in [2.24, 2.45) is 0 Å². The van der Waals surface area contributed by atoms with Crippen molar-refractivity contribution in [3.63, 3.8) is 0 Å². The molecule has 1 fully saturated rings. The molecule has 2 N–H and O–H groups in total. The van der Waals surface area contributed by atoms with Crippen LogP contribution < -0.4 is 5.32 Å². The molecule has 1 heterocycles. The third-order valence-corrected chi connectivity index (χ3v) is 2.53. The predicted octanol–water partition coefficient (Wildman–Crippen LogP) is -0.417. The van der Waals surface area contributed by atoms with E-state index in [1.165, 1.54) is 0 Å². The Kier molecular flexibility index (Phi) is 4.13. The number of hydrogen-bond donors (Lipinski definition) is 2. The average Bonchev–Trinajstić information content (AvgIpc) is 2.16. The Hall–Kier alpha value is -1.05. The Balaban J connectivity index is 2.36. The molecule has 4 nitrogen and oxygen atoms in total. The first-order valence-corrected chi connectivity index (χ1v) is 5.19. The molecule has 0 aromatic rings. The minimum atomic E-state index is -0.736. The van der Waals surface area contributed by atoms with Crippen molar-refractivity contribution in [1.82, 2.24) is 10.2 Å². The summed E-state index contributed by atoms with van der Waals surface area (Å²) in [6.07, 6.45) is 6.67. The maximum atomic E-state index is 11.6. The van der Waals surface area contributed by atoms with Crippen LogP contribution in [0.15, 0.2) is 0 Å². The first kappa shape index (κ1) is 12.0. The average molecular weight is 210 g/mol. The van der Waals surface area contributed by atoms with Crippen molar-refractivity contribution in [2.75, 3.05) is 26.2 Å². The van der Waals surface area contributed by atoms with E-state index < -0.39 is 5.60 Å². The molecule has 1 amide bonds. The molecule has 1 aliphatic rings. The summed E-state index contributed by atoms with van der Waals surface area (Å²) >= 11 is 0. The Morgan fingerprint density at radius 2 is 2.47 bits per heavy atom. The molecule has 0 bridgehead atoms. The number of aliphatic hydroxyl groups is 1. The Morgan fingerprint density at radius 1 is 1.73 bits per heavy atom. The highest BCUT2D eigenvalue weighted by molar-refractivity contribution is 5.78. The molecule has 0 spiro atoms. The molecule has 1 aliphatic heterocycles. The molecule has 0 saturated carbocycles. The summed E-state index contributed by atoms with van der Waals surface area (Å²) in [5.41, 5.74) is -0.736. The van der Waals surface area contributed by atoms with Gasteiger partial charge in [-0.15, -0.1) is 6.42 Å². The van der Waals surface area contributed by atoms with E-state index in [-0.39, 0.29) is 12.5 Å². The lowest BCUT2D eigenvalue weighted by Gasteiger charge is -2.36. The Bertz CT molecular complexity index is 268. The van der Waals surface area contributed by atoms with Gasteiger partial charge in [0.15, 0.2) is 0 Å². The quantitative estimate of drug-likeness (QED) is 0.491. The fourth-order valence-corrected chi connectivity index (χ4v) is 1.79. The van der Waals surface area contributed by atoms with Gasteiger partial charge >= 0.3 is 0 Å². The second kappa shape index (κ2) is 5.15. The minimum Gasteiger partial charge on any atom is -0.388 e. The van der Waals surface area contributed by atoms with Gasteiger partial charge in [-0.1, -0.05) is 5.92 Å². The van der Waals surface area contributed by atoms with E-state index in [4.69, 9.17) is 6.42 Å². The lowest BCUT2D eigenvalue weighted by Crippen LogP contribution is -2.50. The Labute approximate surface area is 90.6 Å². The number of terminal acetylenes is 1. The van der Waals surface area contributed by atoms with Crippen LogP contribution in [0.25, 0.3) is 0 Å². The molecule has 0 aliphatic carbocycles. The standard InChI is InChI=1S/C11H18N2O2/c1-3-6-12-8-10(14)13-7-4-5-11(2,15)9-13/h1,12,15H,4-9H2,2H3. The summed E-state index contributed by atoms with van der Waals surface area (Å²) in [4.78, 5) is 13.3. The van der Waals surface area contributed by atoms with Crippen LogP contribution in [0.3, 0.4) is 0 Å². The van der Waals surface area contributed by atoms with Crippen molar-refractivity contribution in [3.05, 3.63) is 0 Å². The number of carbonyl (C=O) groups excluding carboxylic acids is 1. The topological polar surface area (TPSA) is 52.6 Å². The maximum absolute atomic E-state index is 11.6. The summed E-state index contributed by atoms with van der Waals surface area (Å²) < 4.78 is 0. The third-order valence-electron chi connectivity index (χ3n) is 2.53.